The van der Waals surface area contributed by atoms with E-state index in [4.69, 9.17) is 15.0 Å². The monoisotopic (exact) mass is 537 g/mol. The molecule has 0 bridgehead atoms. The minimum Gasteiger partial charge on any atom is -0.382 e. The molecule has 0 spiro atoms. The van der Waals surface area contributed by atoms with E-state index >= 15 is 0 Å². The fourth-order valence-corrected chi connectivity index (χ4v) is 5.18. The van der Waals surface area contributed by atoms with E-state index in [1.807, 2.05) is 37.3 Å². The average Bonchev–Trinajstić information content (AvgIpc) is 3.61. The summed E-state index contributed by atoms with van der Waals surface area (Å²) in [6.07, 6.45) is 3.06. The Morgan fingerprint density at radius 3 is 2.74 bits per heavy atom. The van der Waals surface area contributed by atoms with Gasteiger partial charge in [-0.25, -0.2) is 14.4 Å². The molecule has 3 heterocycles. The maximum Gasteiger partial charge on any atom is 0.189 e. The van der Waals surface area contributed by atoms with Gasteiger partial charge in [0.15, 0.2) is 17.3 Å². The van der Waals surface area contributed by atoms with Crippen molar-refractivity contribution in [2.45, 2.75) is 42.5 Å². The van der Waals surface area contributed by atoms with Crippen molar-refractivity contribution in [3.63, 3.8) is 0 Å². The second-order valence-electron chi connectivity index (χ2n) is 9.25. The van der Waals surface area contributed by atoms with Gasteiger partial charge in [0.1, 0.15) is 11.5 Å². The van der Waals surface area contributed by atoms with Gasteiger partial charge in [-0.3, -0.25) is 4.39 Å². The van der Waals surface area contributed by atoms with Crippen molar-refractivity contribution in [2.75, 3.05) is 25.6 Å². The minimum absolute atomic E-state index is 0.182. The van der Waals surface area contributed by atoms with Gasteiger partial charge in [0.05, 0.1) is 25.2 Å². The van der Waals surface area contributed by atoms with E-state index in [-0.39, 0.29) is 17.7 Å². The average molecular weight is 538 g/mol. The Morgan fingerprint density at radius 2 is 2.00 bits per heavy atom. The highest BCUT2D eigenvalue weighted by atomic mass is 32.2. The van der Waals surface area contributed by atoms with E-state index in [1.165, 1.54) is 6.07 Å². The third-order valence-corrected chi connectivity index (χ3v) is 7.56. The summed E-state index contributed by atoms with van der Waals surface area (Å²) >= 11 is 1.63. The fourth-order valence-electron chi connectivity index (χ4n) is 4.22. The second-order valence-corrected chi connectivity index (χ2v) is 10.8. The number of aromatic nitrogens is 3. The normalized spacial score (nSPS) is 16.1. The highest BCUT2D eigenvalue weighted by Gasteiger charge is 2.18. The Hall–Kier alpha value is -3.34. The SMILES string of the molecule is CC(CCF)Sc1ccc(-c2cnc(N)c(-c3cc(-c4ccc(CNC5CCOC5)cc4F)no3)n2)cc1. The largest absolute Gasteiger partial charge is 0.382 e. The van der Waals surface area contributed by atoms with E-state index in [2.05, 4.69) is 20.4 Å². The van der Waals surface area contributed by atoms with Crippen molar-refractivity contribution in [3.8, 4) is 34.0 Å². The summed E-state index contributed by atoms with van der Waals surface area (Å²) in [5, 5.41) is 7.64. The molecule has 2 atom stereocenters. The van der Waals surface area contributed by atoms with Crippen LogP contribution in [0.4, 0.5) is 14.6 Å². The van der Waals surface area contributed by atoms with Gasteiger partial charge >= 0.3 is 0 Å². The Labute approximate surface area is 224 Å². The molecule has 0 radical (unpaired) electrons. The fraction of sp³-hybridized carbons (Fsp3) is 0.321. The lowest BCUT2D eigenvalue weighted by molar-refractivity contribution is 0.190. The van der Waals surface area contributed by atoms with Gasteiger partial charge < -0.3 is 20.3 Å². The molecule has 1 fully saturated rings. The highest BCUT2D eigenvalue weighted by Crippen LogP contribution is 2.32. The molecule has 1 saturated heterocycles. The van der Waals surface area contributed by atoms with Crippen molar-refractivity contribution in [2.24, 2.45) is 0 Å². The van der Waals surface area contributed by atoms with Crippen LogP contribution in [-0.2, 0) is 11.3 Å². The van der Waals surface area contributed by atoms with Gasteiger partial charge in [-0.2, -0.15) is 0 Å². The third-order valence-electron chi connectivity index (χ3n) is 6.38. The smallest absolute Gasteiger partial charge is 0.189 e. The number of halogens is 2. The summed E-state index contributed by atoms with van der Waals surface area (Å²) in [4.78, 5) is 9.98. The van der Waals surface area contributed by atoms with Crippen LogP contribution in [0.5, 0.6) is 0 Å². The quantitative estimate of drug-likeness (QED) is 0.241. The summed E-state index contributed by atoms with van der Waals surface area (Å²) < 4.78 is 38.4. The van der Waals surface area contributed by atoms with E-state index in [1.54, 1.807) is 30.1 Å². The number of hydrogen-bond donors (Lipinski definition) is 2. The Balaban J connectivity index is 1.32. The molecule has 1 aliphatic heterocycles. The zero-order chi connectivity index (χ0) is 26.5. The van der Waals surface area contributed by atoms with E-state index < -0.39 is 5.82 Å². The lowest BCUT2D eigenvalue weighted by atomic mass is 10.1. The van der Waals surface area contributed by atoms with Crippen LogP contribution in [0.3, 0.4) is 0 Å². The van der Waals surface area contributed by atoms with Gasteiger partial charge in [0.25, 0.3) is 0 Å². The van der Waals surface area contributed by atoms with Gasteiger partial charge in [0, 0.05) is 46.5 Å². The first-order valence-corrected chi connectivity index (χ1v) is 13.4. The van der Waals surface area contributed by atoms with Crippen molar-refractivity contribution >= 4 is 17.6 Å². The molecule has 5 rings (SSSR count). The maximum atomic E-state index is 15.0. The van der Waals surface area contributed by atoms with Crippen LogP contribution in [0.2, 0.25) is 0 Å². The van der Waals surface area contributed by atoms with Crippen molar-refractivity contribution in [1.29, 1.82) is 0 Å². The van der Waals surface area contributed by atoms with Gasteiger partial charge in [-0.05, 0) is 42.7 Å². The lowest BCUT2D eigenvalue weighted by Gasteiger charge is -2.11. The maximum absolute atomic E-state index is 15.0. The number of benzene rings is 2. The van der Waals surface area contributed by atoms with Crippen molar-refractivity contribution < 1.29 is 18.0 Å². The molecule has 0 saturated carbocycles. The highest BCUT2D eigenvalue weighted by molar-refractivity contribution is 7.99. The molecule has 4 aromatic rings. The van der Waals surface area contributed by atoms with Crippen molar-refractivity contribution in [3.05, 3.63) is 66.1 Å². The Kier molecular flexibility index (Phi) is 8.31. The van der Waals surface area contributed by atoms with Crippen LogP contribution in [0.15, 0.2) is 64.1 Å². The predicted molar refractivity (Wildman–Crippen MR) is 145 cm³/mol. The molecule has 198 valence electrons. The van der Waals surface area contributed by atoms with Crippen molar-refractivity contribution in [1.82, 2.24) is 20.4 Å². The number of thioether (sulfide) groups is 1. The summed E-state index contributed by atoms with van der Waals surface area (Å²) in [5.41, 5.74) is 9.40. The standard InChI is InChI=1S/C28H29F2N5O2S/c1-17(8-10-29)38-21-5-3-19(4-6-21)25-15-33-28(31)27(34-25)26-13-24(35-37-26)22-7-2-18(12-23(22)30)14-32-20-9-11-36-16-20/h2-7,12-13,15,17,20,32H,8-11,14,16H2,1H3,(H2,31,33). The zero-order valence-electron chi connectivity index (χ0n) is 21.0. The molecular formula is C28H29F2N5O2S. The summed E-state index contributed by atoms with van der Waals surface area (Å²) in [6, 6.07) is 14.8. The van der Waals surface area contributed by atoms with E-state index in [0.29, 0.717) is 54.0 Å². The Bertz CT molecular complexity index is 1380. The third kappa shape index (κ3) is 6.20. The summed E-state index contributed by atoms with van der Waals surface area (Å²) in [6.45, 7) is 3.67. The molecule has 3 N–H and O–H groups in total. The van der Waals surface area contributed by atoms with Crippen LogP contribution in [0.25, 0.3) is 34.0 Å². The second kappa shape index (κ2) is 12.0. The zero-order valence-corrected chi connectivity index (χ0v) is 21.8. The molecule has 0 amide bonds. The van der Waals surface area contributed by atoms with Crippen LogP contribution < -0.4 is 11.1 Å². The van der Waals surface area contributed by atoms with Crippen LogP contribution in [0, 0.1) is 5.82 Å². The molecule has 38 heavy (non-hydrogen) atoms. The number of nitrogens with zero attached hydrogens (tertiary/aromatic N) is 3. The number of nitrogen functional groups attached to an aromatic ring is 1. The number of nitrogens with one attached hydrogen (secondary N) is 1. The minimum atomic E-state index is -0.390. The number of anilines is 1. The van der Waals surface area contributed by atoms with E-state index in [9.17, 15) is 8.78 Å². The van der Waals surface area contributed by atoms with Crippen LogP contribution in [-0.4, -0.2) is 46.3 Å². The van der Waals surface area contributed by atoms with Gasteiger partial charge in [0.2, 0.25) is 0 Å². The molecular weight excluding hydrogens is 508 g/mol. The number of nitrogens with two attached hydrogens (primary N) is 1. The van der Waals surface area contributed by atoms with Gasteiger partial charge in [-0.1, -0.05) is 30.3 Å². The predicted octanol–water partition coefficient (Wildman–Crippen LogP) is 5.91. The molecule has 0 aliphatic carbocycles. The first kappa shape index (κ1) is 26.3. The van der Waals surface area contributed by atoms with Gasteiger partial charge in [-0.15, -0.1) is 11.8 Å². The number of rotatable bonds is 10. The molecule has 1 aliphatic rings. The molecule has 10 heteroatoms. The number of hydrogen-bond acceptors (Lipinski definition) is 8. The summed E-state index contributed by atoms with van der Waals surface area (Å²) in [7, 11) is 0. The molecule has 2 unspecified atom stereocenters. The molecule has 2 aromatic carbocycles. The molecule has 7 nitrogen and oxygen atoms in total. The Morgan fingerprint density at radius 1 is 1.16 bits per heavy atom. The first-order chi connectivity index (χ1) is 18.5. The van der Waals surface area contributed by atoms with E-state index in [0.717, 1.165) is 29.1 Å². The first-order valence-electron chi connectivity index (χ1n) is 12.5. The summed E-state index contributed by atoms with van der Waals surface area (Å²) in [5.74, 6) is 0.0883. The van der Waals surface area contributed by atoms with Crippen LogP contribution >= 0.6 is 11.8 Å². The number of alkyl halides is 1. The number of ether oxygens (including phenoxy) is 1. The van der Waals surface area contributed by atoms with Crippen LogP contribution in [0.1, 0.15) is 25.3 Å². The topological polar surface area (TPSA) is 99.1 Å². The molecule has 2 aromatic heterocycles. The lowest BCUT2D eigenvalue weighted by Crippen LogP contribution is -2.28.